The third kappa shape index (κ3) is 45.2. The minimum atomic E-state index is -0.326. The summed E-state index contributed by atoms with van der Waals surface area (Å²) >= 11 is 31.5. The van der Waals surface area contributed by atoms with E-state index in [4.69, 9.17) is 73.3 Å². The lowest BCUT2D eigenvalue weighted by Gasteiger charge is -2.18. The van der Waals surface area contributed by atoms with Gasteiger partial charge in [0.2, 0.25) is 0 Å². The average Bonchev–Trinajstić information content (AvgIpc) is 1.60. The van der Waals surface area contributed by atoms with Crippen LogP contribution in [0.1, 0.15) is 246 Å². The summed E-state index contributed by atoms with van der Waals surface area (Å²) in [6, 6.07) is 50.4. The Morgan fingerprint density at radius 2 is 0.743 bits per heavy atom. The van der Waals surface area contributed by atoms with Crippen molar-refractivity contribution in [3.05, 3.63) is 214 Å². The van der Waals surface area contributed by atoms with Crippen LogP contribution in [0, 0.1) is 52.6 Å². The fourth-order valence-corrected chi connectivity index (χ4v) is 14.6. The highest BCUT2D eigenvalue weighted by Gasteiger charge is 2.50. The van der Waals surface area contributed by atoms with Crippen LogP contribution in [0.5, 0.6) is 0 Å². The van der Waals surface area contributed by atoms with Gasteiger partial charge in [-0.3, -0.25) is 28.8 Å². The molecule has 14 heteroatoms. The molecule has 7 rings (SSSR count). The van der Waals surface area contributed by atoms with Crippen LogP contribution in [0.3, 0.4) is 0 Å². The topological polar surface area (TPSA) is 102 Å². The summed E-state index contributed by atoms with van der Waals surface area (Å²) in [5, 5.41) is 0. The van der Waals surface area contributed by atoms with Gasteiger partial charge in [-0.1, -0.05) is 335 Å². The fraction of sp³-hybridized carbons (Fsp3) is 0.473. The smallest absolute Gasteiger partial charge is 0.148 e. The Labute approximate surface area is 662 Å². The van der Waals surface area contributed by atoms with Gasteiger partial charge in [0.05, 0.1) is 5.41 Å². The van der Waals surface area contributed by atoms with Crippen molar-refractivity contribution in [3.63, 3.8) is 0 Å². The van der Waals surface area contributed by atoms with Crippen LogP contribution in [0.4, 0.5) is 8.78 Å². The van der Waals surface area contributed by atoms with E-state index in [0.29, 0.717) is 79.6 Å². The second-order valence-electron chi connectivity index (χ2n) is 32.8. The molecule has 6 aromatic rings. The first-order valence-electron chi connectivity index (χ1n) is 36.8. The van der Waals surface area contributed by atoms with Crippen molar-refractivity contribution in [3.8, 4) is 0 Å². The highest BCUT2D eigenvalue weighted by atomic mass is 32.1. The highest BCUT2D eigenvalue weighted by Crippen LogP contribution is 2.49. The molecule has 0 amide bonds. The molecule has 105 heavy (non-hydrogen) atoms. The summed E-state index contributed by atoms with van der Waals surface area (Å²) < 4.78 is 26.3. The molecule has 6 aromatic carbocycles. The lowest BCUT2D eigenvalue weighted by atomic mass is 9.88. The zero-order chi connectivity index (χ0) is 79.3. The maximum atomic E-state index is 13.4. The third-order valence-electron chi connectivity index (χ3n) is 16.2. The van der Waals surface area contributed by atoms with E-state index in [1.165, 1.54) is 29.3 Å². The van der Waals surface area contributed by atoms with Crippen LogP contribution < -0.4 is 0 Å². The molecular formula is C91H118F2O6S6. The van der Waals surface area contributed by atoms with Crippen LogP contribution in [0.2, 0.25) is 0 Å². The summed E-state index contributed by atoms with van der Waals surface area (Å²) in [5.41, 5.74) is 6.92. The van der Waals surface area contributed by atoms with Gasteiger partial charge in [-0.05, 0) is 144 Å². The molecule has 0 aromatic heterocycles. The lowest BCUT2D eigenvalue weighted by Crippen LogP contribution is -2.23. The SMILES string of the molecule is CC(C)(C)CC(=S)CC(=O)Cc1cccc(F)c1.CC(C)(C)CC(=S)CC(=O)Cc1ccccc1F.CC(C)CC(=S)CC(=O)C(C)c1ccccc1.CC(C)CC(=S)CC(=O)C1(c2ccccc2)CC1.CC(C)CC(=S)CC(=O)Cc1ccccc1.Cc1ccc(CC(=O)CC(=S)CC(C)(C)C)cc1. The summed E-state index contributed by atoms with van der Waals surface area (Å²) in [5.74, 6) is 1.93. The van der Waals surface area contributed by atoms with Crippen molar-refractivity contribution in [2.75, 3.05) is 0 Å². The van der Waals surface area contributed by atoms with Gasteiger partial charge in [0.25, 0.3) is 0 Å². The first-order valence-corrected chi connectivity index (χ1v) is 39.3. The van der Waals surface area contributed by atoms with Gasteiger partial charge >= 0.3 is 0 Å². The van der Waals surface area contributed by atoms with Gasteiger partial charge in [-0.2, -0.15) is 0 Å². The van der Waals surface area contributed by atoms with E-state index >= 15 is 0 Å². The fourth-order valence-electron chi connectivity index (χ4n) is 11.4. The van der Waals surface area contributed by atoms with Crippen molar-refractivity contribution in [1.29, 1.82) is 0 Å². The Bertz CT molecular complexity index is 3780. The molecule has 0 aliphatic heterocycles. The molecular weight excluding hydrogens is 1420 g/mol. The van der Waals surface area contributed by atoms with Gasteiger partial charge in [0.1, 0.15) is 46.3 Å². The Balaban J connectivity index is 0.000000428. The van der Waals surface area contributed by atoms with Crippen LogP contribution in [0.15, 0.2) is 164 Å². The van der Waals surface area contributed by atoms with E-state index < -0.39 is 0 Å². The lowest BCUT2D eigenvalue weighted by molar-refractivity contribution is -0.120. The molecule has 0 spiro atoms. The van der Waals surface area contributed by atoms with Crippen LogP contribution in [-0.4, -0.2) is 63.9 Å². The predicted molar refractivity (Wildman–Crippen MR) is 461 cm³/mol. The monoisotopic (exact) mass is 1540 g/mol. The summed E-state index contributed by atoms with van der Waals surface area (Å²) in [4.78, 5) is 76.8. The summed E-state index contributed by atoms with van der Waals surface area (Å²) in [7, 11) is 0. The molecule has 0 saturated heterocycles. The number of rotatable bonds is 33. The molecule has 1 atom stereocenters. The Morgan fingerprint density at radius 1 is 0.390 bits per heavy atom. The van der Waals surface area contributed by atoms with Crippen molar-refractivity contribution < 1.29 is 37.5 Å². The minimum Gasteiger partial charge on any atom is -0.299 e. The highest BCUT2D eigenvalue weighted by molar-refractivity contribution is 7.81. The van der Waals surface area contributed by atoms with Gasteiger partial charge in [-0.15, -0.1) is 0 Å². The molecule has 0 N–H and O–H groups in total. The van der Waals surface area contributed by atoms with Crippen molar-refractivity contribution >= 4 is 137 Å². The Morgan fingerprint density at radius 3 is 1.15 bits per heavy atom. The number of halogens is 2. The van der Waals surface area contributed by atoms with Crippen molar-refractivity contribution in [2.45, 2.75) is 245 Å². The number of benzene rings is 6. The molecule has 1 saturated carbocycles. The molecule has 1 aliphatic rings. The second-order valence-corrected chi connectivity index (χ2v) is 36.3. The quantitative estimate of drug-likeness (QED) is 0.0367. The van der Waals surface area contributed by atoms with Crippen LogP contribution in [-0.2, 0) is 59.9 Å². The largest absolute Gasteiger partial charge is 0.299 e. The molecule has 0 heterocycles. The maximum absolute atomic E-state index is 13.4. The molecule has 0 radical (unpaired) electrons. The average molecular weight is 1540 g/mol. The number of hydrogen-bond acceptors (Lipinski definition) is 12. The van der Waals surface area contributed by atoms with Crippen LogP contribution in [0.25, 0.3) is 0 Å². The number of ketones is 6. The van der Waals surface area contributed by atoms with E-state index in [2.05, 4.69) is 116 Å². The molecule has 0 bridgehead atoms. The molecule has 1 aliphatic carbocycles. The number of thiocarbonyl (C=S) groups is 6. The first kappa shape index (κ1) is 94.8. The zero-order valence-corrected chi connectivity index (χ0v) is 70.7. The molecule has 1 unspecified atom stereocenters. The molecule has 568 valence electrons. The Hall–Kier alpha value is -6.26. The van der Waals surface area contributed by atoms with E-state index in [1.54, 1.807) is 30.3 Å². The number of hydrogen-bond donors (Lipinski definition) is 0. The van der Waals surface area contributed by atoms with Crippen molar-refractivity contribution in [2.24, 2.45) is 34.0 Å². The number of carbonyl (C=O) groups is 6. The van der Waals surface area contributed by atoms with Gasteiger partial charge < -0.3 is 0 Å². The summed E-state index contributed by atoms with van der Waals surface area (Å²) in [6.07, 6.45) is 10.6. The van der Waals surface area contributed by atoms with Crippen molar-refractivity contribution in [1.82, 2.24) is 0 Å². The minimum absolute atomic E-state index is 0.0191. The van der Waals surface area contributed by atoms with E-state index in [0.717, 1.165) is 97.2 Å². The number of carbonyl (C=O) groups excluding carboxylic acids is 6. The van der Waals surface area contributed by atoms with Gasteiger partial charge in [0, 0.05) is 99.3 Å². The number of aryl methyl sites for hydroxylation is 1. The zero-order valence-electron chi connectivity index (χ0n) is 65.8. The standard InChI is InChI=1S/C16H20OS.C16H22OS.2C15H19FOS.C15H20OS.C14H18OS/c1-12(2)10-14(18)11-15(17)16(8-9-16)13-6-4-3-5-7-13;1-12-5-7-13(8-6-12)9-14(17)10-15(18)11-16(2,3)4;1-15(2,3)10-14(18)9-13(17)8-11-5-4-6-12(16)7-11;1-15(2,3)10-13(18)9-12(17)8-11-6-4-5-7-14(11)16;1-11(2)9-14(17)10-15(16)12(3)13-7-5-4-6-8-13;1-11(2)8-14(16)10-13(15)9-12-6-4-3-5-7-12/h3-7,12H,8-11H2,1-2H3;5-8H,9-11H2,1-4H3;2*4-7H,8-10H2,1-3H3;4-8,11-12H,9-10H2,1-3H3;3-7,11H,8-10H2,1-2H3. The third-order valence-corrected chi connectivity index (χ3v) is 18.0. The van der Waals surface area contributed by atoms with E-state index in [9.17, 15) is 37.5 Å². The first-order chi connectivity index (χ1) is 48.9. The van der Waals surface area contributed by atoms with Crippen LogP contribution >= 0.6 is 73.3 Å². The molecule has 1 fully saturated rings. The van der Waals surface area contributed by atoms with E-state index in [-0.39, 0.29) is 87.4 Å². The summed E-state index contributed by atoms with van der Waals surface area (Å²) in [6.45, 7) is 35.7. The molecule has 6 nitrogen and oxygen atoms in total. The Kier molecular flexibility index (Phi) is 43.5. The number of Topliss-reactive ketones (excluding diaryl/α,β-unsaturated/α-hetero) is 6. The van der Waals surface area contributed by atoms with E-state index in [1.807, 2.05) is 117 Å². The van der Waals surface area contributed by atoms with Gasteiger partial charge in [-0.25, -0.2) is 8.78 Å². The maximum Gasteiger partial charge on any atom is 0.148 e. The second kappa shape index (κ2) is 48.2. The van der Waals surface area contributed by atoms with Gasteiger partial charge in [0.15, 0.2) is 0 Å². The predicted octanol–water partition coefficient (Wildman–Crippen LogP) is 24.4. The normalized spacial score (nSPS) is 12.3.